The molecule has 0 saturated carbocycles. The summed E-state index contributed by atoms with van der Waals surface area (Å²) >= 11 is 0. The number of hydrogen-bond acceptors (Lipinski definition) is 4. The van der Waals surface area contributed by atoms with Gasteiger partial charge in [-0.3, -0.25) is 9.59 Å². The van der Waals surface area contributed by atoms with Crippen LogP contribution in [0, 0.1) is 11.3 Å². The molecule has 1 aliphatic heterocycles. The van der Waals surface area contributed by atoms with Crippen LogP contribution in [0.1, 0.15) is 38.8 Å². The van der Waals surface area contributed by atoms with Gasteiger partial charge in [-0.05, 0) is 49.4 Å². The van der Waals surface area contributed by atoms with E-state index in [-0.39, 0.29) is 11.8 Å². The van der Waals surface area contributed by atoms with Crippen LogP contribution in [-0.2, 0) is 22.6 Å². The van der Waals surface area contributed by atoms with E-state index in [0.717, 1.165) is 17.5 Å². The predicted octanol–water partition coefficient (Wildman–Crippen LogP) is 2.39. The van der Waals surface area contributed by atoms with Crippen molar-refractivity contribution in [2.24, 2.45) is 11.3 Å². The summed E-state index contributed by atoms with van der Waals surface area (Å²) in [5.41, 5.74) is 1.08. The number of carbonyl (C=O) groups excluding carboxylic acids is 2. The van der Waals surface area contributed by atoms with Crippen molar-refractivity contribution in [1.82, 2.24) is 10.2 Å². The standard InChI is InChI=1S/C20H30N2O4/c1-13(2)11-21-18(23)20(3,4)19(24)22-8-7-14-9-16(25-5)17(26-6)10-15(14)12-22/h9-10,13H,7-8,11-12H2,1-6H3,(H,21,23). The molecular weight excluding hydrogens is 332 g/mol. The fourth-order valence-corrected chi connectivity index (χ4v) is 3.07. The minimum Gasteiger partial charge on any atom is -0.493 e. The number of ether oxygens (including phenoxy) is 2. The predicted molar refractivity (Wildman–Crippen MR) is 100 cm³/mol. The SMILES string of the molecule is COc1cc2c(cc1OC)CN(C(=O)C(C)(C)C(=O)NCC(C)C)CC2. The van der Waals surface area contributed by atoms with Crippen molar-refractivity contribution in [3.8, 4) is 11.5 Å². The second-order valence-corrected chi connectivity index (χ2v) is 7.68. The Labute approximate surface area is 155 Å². The number of carbonyl (C=O) groups is 2. The number of methoxy groups -OCH3 is 2. The van der Waals surface area contributed by atoms with Crippen LogP contribution in [0.3, 0.4) is 0 Å². The summed E-state index contributed by atoms with van der Waals surface area (Å²) in [7, 11) is 3.21. The molecule has 0 aromatic heterocycles. The minimum atomic E-state index is -1.09. The van der Waals surface area contributed by atoms with Crippen LogP contribution < -0.4 is 14.8 Å². The molecule has 0 aliphatic carbocycles. The summed E-state index contributed by atoms with van der Waals surface area (Å²) in [6, 6.07) is 3.88. The first-order chi connectivity index (χ1) is 12.2. The van der Waals surface area contributed by atoms with Crippen LogP contribution in [0.25, 0.3) is 0 Å². The highest BCUT2D eigenvalue weighted by Gasteiger charge is 2.40. The van der Waals surface area contributed by atoms with Crippen molar-refractivity contribution in [3.63, 3.8) is 0 Å². The van der Waals surface area contributed by atoms with E-state index in [1.54, 1.807) is 33.0 Å². The summed E-state index contributed by atoms with van der Waals surface area (Å²) in [6.45, 7) is 9.05. The third-order valence-electron chi connectivity index (χ3n) is 4.78. The zero-order valence-corrected chi connectivity index (χ0v) is 16.6. The Kier molecular flexibility index (Phi) is 6.16. The zero-order chi connectivity index (χ0) is 19.5. The number of nitrogens with one attached hydrogen (secondary N) is 1. The fraction of sp³-hybridized carbons (Fsp3) is 0.600. The Morgan fingerprint density at radius 3 is 2.27 bits per heavy atom. The van der Waals surface area contributed by atoms with Crippen molar-refractivity contribution in [3.05, 3.63) is 23.3 Å². The Hall–Kier alpha value is -2.24. The van der Waals surface area contributed by atoms with E-state index in [4.69, 9.17) is 9.47 Å². The maximum Gasteiger partial charge on any atom is 0.238 e. The molecule has 0 radical (unpaired) electrons. The monoisotopic (exact) mass is 362 g/mol. The van der Waals surface area contributed by atoms with Crippen LogP contribution in [0.5, 0.6) is 11.5 Å². The summed E-state index contributed by atoms with van der Waals surface area (Å²) in [5.74, 6) is 1.30. The number of rotatable bonds is 6. The molecule has 1 aromatic rings. The second kappa shape index (κ2) is 7.98. The number of benzene rings is 1. The van der Waals surface area contributed by atoms with Gasteiger partial charge >= 0.3 is 0 Å². The van der Waals surface area contributed by atoms with Gasteiger partial charge in [-0.1, -0.05) is 13.8 Å². The lowest BCUT2D eigenvalue weighted by Gasteiger charge is -2.35. The van der Waals surface area contributed by atoms with E-state index in [2.05, 4.69) is 5.32 Å². The van der Waals surface area contributed by atoms with Crippen LogP contribution in [0.4, 0.5) is 0 Å². The normalized spacial score (nSPS) is 14.0. The molecule has 144 valence electrons. The first kappa shape index (κ1) is 20.1. The molecule has 2 rings (SSSR count). The van der Waals surface area contributed by atoms with Gasteiger partial charge in [-0.25, -0.2) is 0 Å². The molecule has 6 nitrogen and oxygen atoms in total. The van der Waals surface area contributed by atoms with Crippen molar-refractivity contribution in [1.29, 1.82) is 0 Å². The minimum absolute atomic E-state index is 0.154. The highest BCUT2D eigenvalue weighted by atomic mass is 16.5. The van der Waals surface area contributed by atoms with Gasteiger partial charge in [0.2, 0.25) is 11.8 Å². The summed E-state index contributed by atoms with van der Waals surface area (Å²) < 4.78 is 10.7. The molecule has 1 N–H and O–H groups in total. The molecule has 1 heterocycles. The molecule has 1 aromatic carbocycles. The Morgan fingerprint density at radius 2 is 1.73 bits per heavy atom. The fourth-order valence-electron chi connectivity index (χ4n) is 3.07. The molecule has 0 unspecified atom stereocenters. The summed E-state index contributed by atoms with van der Waals surface area (Å²) in [4.78, 5) is 27.2. The lowest BCUT2D eigenvalue weighted by Crippen LogP contribution is -2.51. The molecule has 0 bridgehead atoms. The molecule has 0 atom stereocenters. The molecule has 0 saturated heterocycles. The van der Waals surface area contributed by atoms with Gasteiger partial charge < -0.3 is 19.7 Å². The van der Waals surface area contributed by atoms with Gasteiger partial charge in [0, 0.05) is 19.6 Å². The van der Waals surface area contributed by atoms with Crippen LogP contribution >= 0.6 is 0 Å². The van der Waals surface area contributed by atoms with E-state index >= 15 is 0 Å². The lowest BCUT2D eigenvalue weighted by atomic mass is 9.88. The third-order valence-corrected chi connectivity index (χ3v) is 4.78. The third kappa shape index (κ3) is 4.11. The van der Waals surface area contributed by atoms with E-state index in [1.165, 1.54) is 0 Å². The molecule has 6 heteroatoms. The number of amides is 2. The molecule has 2 amide bonds. The first-order valence-electron chi connectivity index (χ1n) is 9.02. The van der Waals surface area contributed by atoms with Crippen LogP contribution in [0.15, 0.2) is 12.1 Å². The number of fused-ring (bicyclic) bond motifs is 1. The smallest absolute Gasteiger partial charge is 0.238 e. The zero-order valence-electron chi connectivity index (χ0n) is 16.6. The van der Waals surface area contributed by atoms with Gasteiger partial charge in [0.15, 0.2) is 11.5 Å². The Bertz CT molecular complexity index is 683. The van der Waals surface area contributed by atoms with Crippen molar-refractivity contribution in [2.45, 2.75) is 40.7 Å². The Morgan fingerprint density at radius 1 is 1.15 bits per heavy atom. The van der Waals surface area contributed by atoms with Gasteiger partial charge in [0.25, 0.3) is 0 Å². The van der Waals surface area contributed by atoms with Gasteiger partial charge in [0.05, 0.1) is 14.2 Å². The number of hydrogen-bond donors (Lipinski definition) is 1. The Balaban J connectivity index is 2.16. The van der Waals surface area contributed by atoms with E-state index in [9.17, 15) is 9.59 Å². The molecule has 0 spiro atoms. The van der Waals surface area contributed by atoms with Crippen LogP contribution in [-0.4, -0.2) is 44.0 Å². The van der Waals surface area contributed by atoms with Gasteiger partial charge in [-0.15, -0.1) is 0 Å². The van der Waals surface area contributed by atoms with Gasteiger partial charge in [0.1, 0.15) is 5.41 Å². The van der Waals surface area contributed by atoms with E-state index < -0.39 is 5.41 Å². The quantitative estimate of drug-likeness (QED) is 0.789. The van der Waals surface area contributed by atoms with Crippen molar-refractivity contribution < 1.29 is 19.1 Å². The second-order valence-electron chi connectivity index (χ2n) is 7.68. The summed E-state index contributed by atoms with van der Waals surface area (Å²) in [5, 5.41) is 2.87. The average Bonchev–Trinajstić information content (AvgIpc) is 2.63. The van der Waals surface area contributed by atoms with E-state index in [1.807, 2.05) is 26.0 Å². The topological polar surface area (TPSA) is 67.9 Å². The van der Waals surface area contributed by atoms with Crippen LogP contribution in [0.2, 0.25) is 0 Å². The highest BCUT2D eigenvalue weighted by molar-refractivity contribution is 6.04. The largest absolute Gasteiger partial charge is 0.493 e. The molecule has 0 fully saturated rings. The maximum absolute atomic E-state index is 13.0. The molecule has 26 heavy (non-hydrogen) atoms. The lowest BCUT2D eigenvalue weighted by molar-refractivity contribution is -0.149. The maximum atomic E-state index is 13.0. The number of nitrogens with zero attached hydrogens (tertiary/aromatic N) is 1. The molecular formula is C20H30N2O4. The first-order valence-corrected chi connectivity index (χ1v) is 9.02. The molecule has 1 aliphatic rings. The van der Waals surface area contributed by atoms with Gasteiger partial charge in [-0.2, -0.15) is 0 Å². The average molecular weight is 362 g/mol. The van der Waals surface area contributed by atoms with Crippen molar-refractivity contribution in [2.75, 3.05) is 27.3 Å². The highest BCUT2D eigenvalue weighted by Crippen LogP contribution is 2.34. The van der Waals surface area contributed by atoms with E-state index in [0.29, 0.717) is 37.1 Å². The van der Waals surface area contributed by atoms with Crippen molar-refractivity contribution >= 4 is 11.8 Å². The summed E-state index contributed by atoms with van der Waals surface area (Å²) in [6.07, 6.45) is 0.727.